The molecule has 0 spiro atoms. The number of thiazole rings is 1. The molecule has 0 radical (unpaired) electrons. The number of hydrazone groups is 1. The summed E-state index contributed by atoms with van der Waals surface area (Å²) >= 11 is 1.36. The van der Waals surface area contributed by atoms with Crippen molar-refractivity contribution >= 4 is 34.4 Å². The van der Waals surface area contributed by atoms with E-state index in [9.17, 15) is 4.79 Å². The van der Waals surface area contributed by atoms with Gasteiger partial charge in [-0.25, -0.2) is 4.98 Å². The van der Waals surface area contributed by atoms with Crippen LogP contribution in [0.2, 0.25) is 0 Å². The Morgan fingerprint density at radius 1 is 1.29 bits per heavy atom. The number of benzene rings is 2. The number of carbonyl (C=O) groups excluding carboxylic acids is 1. The molecule has 0 saturated carbocycles. The topological polar surface area (TPSA) is 125 Å². The second kappa shape index (κ2) is 8.87. The van der Waals surface area contributed by atoms with Gasteiger partial charge < -0.3 is 20.9 Å². The molecule has 0 aliphatic heterocycles. The Balaban J connectivity index is 1.73. The van der Waals surface area contributed by atoms with Crippen LogP contribution in [0.25, 0.3) is 0 Å². The van der Waals surface area contributed by atoms with Gasteiger partial charge in [0.05, 0.1) is 18.9 Å². The normalized spacial score (nSPS) is 10.8. The van der Waals surface area contributed by atoms with Crippen LogP contribution in [0.15, 0.2) is 52.9 Å². The lowest BCUT2D eigenvalue weighted by Gasteiger charge is -2.12. The van der Waals surface area contributed by atoms with Gasteiger partial charge in [-0.1, -0.05) is 12.1 Å². The zero-order chi connectivity index (χ0) is 19.9. The van der Waals surface area contributed by atoms with Crippen LogP contribution in [-0.2, 0) is 6.61 Å². The van der Waals surface area contributed by atoms with E-state index in [1.54, 1.807) is 43.0 Å². The highest BCUT2D eigenvalue weighted by Crippen LogP contribution is 2.24. The molecule has 8 nitrogen and oxygen atoms in total. The largest absolute Gasteiger partial charge is 0.496 e. The molecular formula is C19H19N5O3S. The van der Waals surface area contributed by atoms with Crippen LogP contribution in [0.4, 0.5) is 10.9 Å². The first kappa shape index (κ1) is 19.2. The van der Waals surface area contributed by atoms with E-state index in [4.69, 9.17) is 20.9 Å². The van der Waals surface area contributed by atoms with Gasteiger partial charge >= 0.3 is 0 Å². The van der Waals surface area contributed by atoms with Crippen LogP contribution in [-0.4, -0.2) is 24.2 Å². The number of carbonyl (C=O) groups is 1. The number of anilines is 2. The number of nitrogens with two attached hydrogens (primary N) is 2. The van der Waals surface area contributed by atoms with E-state index < -0.39 is 5.91 Å². The van der Waals surface area contributed by atoms with E-state index >= 15 is 0 Å². The summed E-state index contributed by atoms with van der Waals surface area (Å²) in [5.74, 6) is 0.980. The Kier molecular flexibility index (Phi) is 6.07. The highest BCUT2D eigenvalue weighted by Gasteiger charge is 2.10. The molecule has 3 aromatic rings. The quantitative estimate of drug-likeness (QED) is 0.396. The second-order valence-electron chi connectivity index (χ2n) is 5.67. The molecule has 0 aliphatic carbocycles. The number of hydrogen-bond acceptors (Lipinski definition) is 8. The van der Waals surface area contributed by atoms with Gasteiger partial charge in [-0.3, -0.25) is 10.2 Å². The van der Waals surface area contributed by atoms with Crippen molar-refractivity contribution in [3.05, 3.63) is 64.5 Å². The van der Waals surface area contributed by atoms with E-state index in [1.807, 2.05) is 18.2 Å². The van der Waals surface area contributed by atoms with Crippen molar-refractivity contribution in [2.75, 3.05) is 18.3 Å². The third-order valence-corrected chi connectivity index (χ3v) is 4.50. The van der Waals surface area contributed by atoms with Gasteiger partial charge in [-0.15, -0.1) is 11.3 Å². The van der Waals surface area contributed by atoms with Crippen molar-refractivity contribution in [2.45, 2.75) is 6.61 Å². The highest BCUT2D eigenvalue weighted by atomic mass is 32.1. The van der Waals surface area contributed by atoms with Crippen molar-refractivity contribution in [1.82, 2.24) is 4.98 Å². The Morgan fingerprint density at radius 3 is 2.82 bits per heavy atom. The first-order valence-corrected chi connectivity index (χ1v) is 9.13. The summed E-state index contributed by atoms with van der Waals surface area (Å²) in [5, 5.41) is 6.48. The average Bonchev–Trinajstić information content (AvgIpc) is 3.11. The molecule has 0 saturated heterocycles. The number of hydrogen-bond donors (Lipinski definition) is 3. The minimum absolute atomic E-state index is 0.200. The second-order valence-corrected chi connectivity index (χ2v) is 6.53. The lowest BCUT2D eigenvalue weighted by molar-refractivity contribution is 0.0996. The predicted molar refractivity (Wildman–Crippen MR) is 110 cm³/mol. The van der Waals surface area contributed by atoms with Crippen LogP contribution in [0.1, 0.15) is 21.5 Å². The summed E-state index contributed by atoms with van der Waals surface area (Å²) in [7, 11) is 1.58. The van der Waals surface area contributed by atoms with Crippen LogP contribution in [0.5, 0.6) is 11.5 Å². The fraction of sp³-hybridized carbons (Fsp3) is 0.105. The van der Waals surface area contributed by atoms with Crippen LogP contribution < -0.4 is 26.4 Å². The smallest absolute Gasteiger partial charge is 0.252 e. The number of rotatable bonds is 8. The lowest BCUT2D eigenvalue weighted by Crippen LogP contribution is -2.13. The first-order chi connectivity index (χ1) is 13.6. The Hall–Kier alpha value is -3.59. The lowest BCUT2D eigenvalue weighted by atomic mass is 10.1. The molecule has 2 aromatic carbocycles. The minimum Gasteiger partial charge on any atom is -0.496 e. The van der Waals surface area contributed by atoms with Gasteiger partial charge in [0.1, 0.15) is 23.9 Å². The Morgan fingerprint density at radius 2 is 2.11 bits per heavy atom. The molecule has 0 fully saturated rings. The molecule has 144 valence electrons. The summed E-state index contributed by atoms with van der Waals surface area (Å²) < 4.78 is 11.2. The molecule has 0 unspecified atom stereocenters. The summed E-state index contributed by atoms with van der Waals surface area (Å²) in [6, 6.07) is 12.4. The van der Waals surface area contributed by atoms with Crippen molar-refractivity contribution in [3.8, 4) is 11.5 Å². The molecule has 1 amide bonds. The van der Waals surface area contributed by atoms with Crippen molar-refractivity contribution in [3.63, 3.8) is 0 Å². The van der Waals surface area contributed by atoms with Crippen molar-refractivity contribution in [2.24, 2.45) is 10.8 Å². The monoisotopic (exact) mass is 397 g/mol. The van der Waals surface area contributed by atoms with E-state index in [-0.39, 0.29) is 6.61 Å². The molecule has 5 N–H and O–H groups in total. The molecule has 1 heterocycles. The number of primary amides is 1. The zero-order valence-electron chi connectivity index (χ0n) is 15.1. The maximum atomic E-state index is 11.5. The molecule has 0 atom stereocenters. The van der Waals surface area contributed by atoms with Gasteiger partial charge in [0.2, 0.25) is 5.13 Å². The van der Waals surface area contributed by atoms with Crippen molar-refractivity contribution in [1.29, 1.82) is 0 Å². The van der Waals surface area contributed by atoms with E-state index in [1.165, 1.54) is 11.3 Å². The van der Waals surface area contributed by atoms with Gasteiger partial charge in [0.15, 0.2) is 0 Å². The number of para-hydroxylation sites is 1. The van der Waals surface area contributed by atoms with E-state index in [0.717, 1.165) is 11.1 Å². The predicted octanol–water partition coefficient (Wildman–Crippen LogP) is 2.86. The average molecular weight is 397 g/mol. The SMILES string of the molecule is COc1ccc(C=NNc2nc(N)cs2)cc1COc1ccccc1C(N)=O. The Labute approximate surface area is 165 Å². The van der Waals surface area contributed by atoms with Crippen LogP contribution in [0, 0.1) is 0 Å². The molecule has 0 bridgehead atoms. The summed E-state index contributed by atoms with van der Waals surface area (Å²) in [6.45, 7) is 0.200. The van der Waals surface area contributed by atoms with Gasteiger partial charge in [0, 0.05) is 10.9 Å². The summed E-state index contributed by atoms with van der Waals surface area (Å²) in [6.07, 6.45) is 1.65. The molecule has 0 aliphatic rings. The summed E-state index contributed by atoms with van der Waals surface area (Å²) in [5.41, 5.74) is 15.7. The number of methoxy groups -OCH3 is 1. The highest BCUT2D eigenvalue weighted by molar-refractivity contribution is 7.14. The number of amides is 1. The molecule has 28 heavy (non-hydrogen) atoms. The fourth-order valence-electron chi connectivity index (χ4n) is 2.44. The fourth-order valence-corrected chi connectivity index (χ4v) is 2.99. The third kappa shape index (κ3) is 4.77. The maximum absolute atomic E-state index is 11.5. The number of nitrogen functional groups attached to an aromatic ring is 1. The summed E-state index contributed by atoms with van der Waals surface area (Å²) in [4.78, 5) is 15.6. The third-order valence-electron chi connectivity index (χ3n) is 3.74. The van der Waals surface area contributed by atoms with E-state index in [2.05, 4.69) is 15.5 Å². The van der Waals surface area contributed by atoms with Gasteiger partial charge in [0.25, 0.3) is 5.91 Å². The Bertz CT molecular complexity index is 1000. The molecular weight excluding hydrogens is 378 g/mol. The van der Waals surface area contributed by atoms with Crippen LogP contribution >= 0.6 is 11.3 Å². The number of aromatic nitrogens is 1. The standard InChI is InChI=1S/C19H19N5O3S/c1-26-15-7-6-12(9-22-24-19-23-17(20)11-28-19)8-13(15)10-27-16-5-3-2-4-14(16)18(21)25/h2-9,11H,10,20H2,1H3,(H2,21,25)(H,23,24). The molecule has 3 rings (SSSR count). The number of nitrogens with one attached hydrogen (secondary N) is 1. The van der Waals surface area contributed by atoms with Gasteiger partial charge in [-0.2, -0.15) is 5.10 Å². The molecule has 9 heteroatoms. The minimum atomic E-state index is -0.544. The zero-order valence-corrected chi connectivity index (χ0v) is 15.9. The number of nitrogens with zero attached hydrogens (tertiary/aromatic N) is 2. The molecule has 1 aromatic heterocycles. The van der Waals surface area contributed by atoms with E-state index in [0.29, 0.717) is 28.0 Å². The number of ether oxygens (including phenoxy) is 2. The van der Waals surface area contributed by atoms with Crippen LogP contribution in [0.3, 0.4) is 0 Å². The maximum Gasteiger partial charge on any atom is 0.252 e. The van der Waals surface area contributed by atoms with Gasteiger partial charge in [-0.05, 0) is 35.9 Å². The first-order valence-electron chi connectivity index (χ1n) is 8.25. The van der Waals surface area contributed by atoms with Crippen molar-refractivity contribution < 1.29 is 14.3 Å².